The van der Waals surface area contributed by atoms with Crippen LogP contribution in [0.2, 0.25) is 0 Å². The smallest absolute Gasteiger partial charge is 0.291 e. The number of likely N-dealkylation sites (tertiary alicyclic amines) is 1. The summed E-state index contributed by atoms with van der Waals surface area (Å²) in [6, 6.07) is 16.5. The van der Waals surface area contributed by atoms with Crippen LogP contribution in [-0.2, 0) is 4.79 Å². The Morgan fingerprint density at radius 1 is 0.931 bits per heavy atom. The molecule has 0 atom stereocenters. The Labute approximate surface area is 169 Å². The fraction of sp³-hybridized carbons (Fsp3) is 0.304. The van der Waals surface area contributed by atoms with E-state index in [2.05, 4.69) is 5.32 Å². The van der Waals surface area contributed by atoms with E-state index >= 15 is 0 Å². The van der Waals surface area contributed by atoms with Gasteiger partial charge in [0.1, 0.15) is 17.0 Å². The summed E-state index contributed by atoms with van der Waals surface area (Å²) >= 11 is 0. The first kappa shape index (κ1) is 19.1. The number of furan rings is 1. The van der Waals surface area contributed by atoms with Crippen LogP contribution in [0, 0.1) is 0 Å². The number of para-hydroxylation sites is 2. The van der Waals surface area contributed by atoms with Crippen LogP contribution < -0.4 is 10.1 Å². The van der Waals surface area contributed by atoms with Gasteiger partial charge in [-0.15, -0.1) is 0 Å². The van der Waals surface area contributed by atoms with Gasteiger partial charge in [-0.3, -0.25) is 9.59 Å². The van der Waals surface area contributed by atoms with Gasteiger partial charge in [0.05, 0.1) is 0 Å². The Kier molecular flexibility index (Phi) is 5.79. The zero-order valence-electron chi connectivity index (χ0n) is 16.2. The van der Waals surface area contributed by atoms with Crippen molar-refractivity contribution in [1.29, 1.82) is 0 Å². The van der Waals surface area contributed by atoms with Crippen molar-refractivity contribution in [2.75, 3.05) is 25.0 Å². The maximum Gasteiger partial charge on any atom is 0.291 e. The predicted molar refractivity (Wildman–Crippen MR) is 111 cm³/mol. The van der Waals surface area contributed by atoms with Crippen LogP contribution >= 0.6 is 0 Å². The van der Waals surface area contributed by atoms with Crippen LogP contribution in [0.5, 0.6) is 5.75 Å². The fourth-order valence-corrected chi connectivity index (χ4v) is 3.58. The monoisotopic (exact) mass is 392 g/mol. The van der Waals surface area contributed by atoms with Crippen molar-refractivity contribution in [3.05, 3.63) is 60.4 Å². The summed E-state index contributed by atoms with van der Waals surface area (Å²) in [5, 5.41) is 3.54. The van der Waals surface area contributed by atoms with Crippen LogP contribution in [0.15, 0.2) is 59.0 Å². The Balaban J connectivity index is 1.56. The van der Waals surface area contributed by atoms with Crippen LogP contribution in [-0.4, -0.2) is 36.4 Å². The number of nitrogens with one attached hydrogen (secondary N) is 1. The molecule has 6 heteroatoms. The Hall–Kier alpha value is -3.28. The van der Waals surface area contributed by atoms with Gasteiger partial charge in [0.15, 0.2) is 6.61 Å². The van der Waals surface area contributed by atoms with E-state index < -0.39 is 0 Å². The number of fused-ring (bicyclic) bond motifs is 1. The van der Waals surface area contributed by atoms with Crippen molar-refractivity contribution in [2.24, 2.45) is 0 Å². The first-order valence-electron chi connectivity index (χ1n) is 10.0. The Morgan fingerprint density at radius 2 is 1.62 bits per heavy atom. The molecular formula is C23H24N2O4. The number of nitrogens with zero attached hydrogens (tertiary/aromatic N) is 1. The molecule has 1 fully saturated rings. The molecule has 0 spiro atoms. The van der Waals surface area contributed by atoms with Crippen LogP contribution in [0.3, 0.4) is 0 Å². The largest absolute Gasteiger partial charge is 0.484 e. The molecule has 2 amide bonds. The molecule has 2 heterocycles. The standard InChI is InChI=1S/C23H24N2O4/c26-20(16-28-17-10-4-3-5-11-17)24-21-18-12-6-7-13-19(18)29-22(21)23(27)25-14-8-1-2-9-15-25/h3-7,10-13H,1-2,8-9,14-16H2,(H,24,26). The summed E-state index contributed by atoms with van der Waals surface area (Å²) in [6.45, 7) is 1.27. The Bertz CT molecular complexity index is 989. The van der Waals surface area contributed by atoms with Gasteiger partial charge in [0.25, 0.3) is 11.8 Å². The summed E-state index contributed by atoms with van der Waals surface area (Å²) in [7, 11) is 0. The molecule has 1 aliphatic rings. The van der Waals surface area contributed by atoms with E-state index in [1.165, 1.54) is 0 Å². The molecule has 4 rings (SSSR count). The van der Waals surface area contributed by atoms with E-state index in [1.54, 1.807) is 18.2 Å². The molecule has 1 aromatic heterocycles. The molecule has 3 aromatic rings. The highest BCUT2D eigenvalue weighted by atomic mass is 16.5. The number of ether oxygens (including phenoxy) is 1. The van der Waals surface area contributed by atoms with Gasteiger partial charge in [0, 0.05) is 18.5 Å². The molecule has 150 valence electrons. The zero-order valence-corrected chi connectivity index (χ0v) is 16.2. The SMILES string of the molecule is O=C(COc1ccccc1)Nc1c(C(=O)N2CCCCCC2)oc2ccccc12. The number of amides is 2. The van der Waals surface area contributed by atoms with Gasteiger partial charge in [-0.25, -0.2) is 0 Å². The highest BCUT2D eigenvalue weighted by Crippen LogP contribution is 2.32. The van der Waals surface area contributed by atoms with E-state index in [1.807, 2.05) is 41.3 Å². The normalized spacial score (nSPS) is 14.4. The van der Waals surface area contributed by atoms with Gasteiger partial charge < -0.3 is 19.4 Å². The van der Waals surface area contributed by atoms with Gasteiger partial charge in [-0.2, -0.15) is 0 Å². The third kappa shape index (κ3) is 4.42. The Morgan fingerprint density at radius 3 is 2.38 bits per heavy atom. The zero-order chi connectivity index (χ0) is 20.1. The van der Waals surface area contributed by atoms with Crippen molar-refractivity contribution in [3.63, 3.8) is 0 Å². The van der Waals surface area contributed by atoms with Gasteiger partial charge in [-0.05, 0) is 37.1 Å². The van der Waals surface area contributed by atoms with Crippen molar-refractivity contribution >= 4 is 28.5 Å². The summed E-state index contributed by atoms with van der Waals surface area (Å²) in [5.74, 6) is 0.273. The molecule has 2 aromatic carbocycles. The number of hydrogen-bond donors (Lipinski definition) is 1. The highest BCUT2D eigenvalue weighted by Gasteiger charge is 2.27. The second-order valence-electron chi connectivity index (χ2n) is 7.16. The molecule has 1 aliphatic heterocycles. The lowest BCUT2D eigenvalue weighted by Gasteiger charge is -2.19. The minimum absolute atomic E-state index is 0.152. The molecule has 6 nitrogen and oxygen atoms in total. The molecule has 0 radical (unpaired) electrons. The van der Waals surface area contributed by atoms with Crippen molar-refractivity contribution in [3.8, 4) is 5.75 Å². The first-order valence-corrected chi connectivity index (χ1v) is 10.0. The van der Waals surface area contributed by atoms with Gasteiger partial charge in [0.2, 0.25) is 5.76 Å². The van der Waals surface area contributed by atoms with Crippen molar-refractivity contribution in [1.82, 2.24) is 4.90 Å². The molecular weight excluding hydrogens is 368 g/mol. The minimum Gasteiger partial charge on any atom is -0.484 e. The number of hydrogen-bond acceptors (Lipinski definition) is 4. The number of benzene rings is 2. The van der Waals surface area contributed by atoms with Crippen molar-refractivity contribution in [2.45, 2.75) is 25.7 Å². The molecule has 29 heavy (non-hydrogen) atoms. The lowest BCUT2D eigenvalue weighted by atomic mass is 10.2. The molecule has 1 saturated heterocycles. The average molecular weight is 392 g/mol. The molecule has 1 N–H and O–H groups in total. The number of carbonyl (C=O) groups is 2. The average Bonchev–Trinajstić information content (AvgIpc) is 2.92. The topological polar surface area (TPSA) is 71.8 Å². The summed E-state index contributed by atoms with van der Waals surface area (Å²) in [6.07, 6.45) is 4.23. The van der Waals surface area contributed by atoms with Crippen LogP contribution in [0.25, 0.3) is 11.0 Å². The van der Waals surface area contributed by atoms with Crippen molar-refractivity contribution < 1.29 is 18.7 Å². The molecule has 0 aliphatic carbocycles. The maximum atomic E-state index is 13.2. The van der Waals surface area contributed by atoms with Crippen LogP contribution in [0.4, 0.5) is 5.69 Å². The molecule has 0 unspecified atom stereocenters. The minimum atomic E-state index is -0.342. The van der Waals surface area contributed by atoms with E-state index in [0.717, 1.165) is 25.7 Å². The summed E-state index contributed by atoms with van der Waals surface area (Å²) < 4.78 is 11.4. The number of carbonyl (C=O) groups excluding carboxylic acids is 2. The third-order valence-corrected chi connectivity index (χ3v) is 5.06. The first-order chi connectivity index (χ1) is 14.2. The predicted octanol–water partition coefficient (Wildman–Crippen LogP) is 4.47. The van der Waals surface area contributed by atoms with Gasteiger partial charge in [-0.1, -0.05) is 43.2 Å². The number of anilines is 1. The van der Waals surface area contributed by atoms with E-state index in [0.29, 0.717) is 35.5 Å². The second-order valence-corrected chi connectivity index (χ2v) is 7.16. The molecule has 0 saturated carbocycles. The summed E-state index contributed by atoms with van der Waals surface area (Å²) in [4.78, 5) is 27.5. The second kappa shape index (κ2) is 8.82. The third-order valence-electron chi connectivity index (χ3n) is 5.06. The quantitative estimate of drug-likeness (QED) is 0.696. The van der Waals surface area contributed by atoms with E-state index in [-0.39, 0.29) is 24.2 Å². The molecule has 0 bridgehead atoms. The van der Waals surface area contributed by atoms with E-state index in [9.17, 15) is 9.59 Å². The maximum absolute atomic E-state index is 13.2. The highest BCUT2D eigenvalue weighted by molar-refractivity contribution is 6.11. The summed E-state index contributed by atoms with van der Waals surface area (Å²) in [5.41, 5.74) is 0.987. The number of rotatable bonds is 5. The lowest BCUT2D eigenvalue weighted by molar-refractivity contribution is -0.118. The van der Waals surface area contributed by atoms with Gasteiger partial charge >= 0.3 is 0 Å². The van der Waals surface area contributed by atoms with Crippen LogP contribution in [0.1, 0.15) is 36.2 Å². The fourth-order valence-electron chi connectivity index (χ4n) is 3.58. The lowest BCUT2D eigenvalue weighted by Crippen LogP contribution is -2.32. The van der Waals surface area contributed by atoms with E-state index in [4.69, 9.17) is 9.15 Å².